The first kappa shape index (κ1) is 27.4. The smallest absolute Gasteiger partial charge is 0.359 e. The van der Waals surface area contributed by atoms with Crippen molar-refractivity contribution in [2.75, 3.05) is 18.5 Å². The maximum absolute atomic E-state index is 11.7. The van der Waals surface area contributed by atoms with Gasteiger partial charge in [0.1, 0.15) is 29.7 Å². The van der Waals surface area contributed by atoms with Gasteiger partial charge in [-0.3, -0.25) is 4.57 Å². The Morgan fingerprint density at radius 2 is 1.97 bits per heavy atom. The predicted octanol–water partition coefficient (Wildman–Crippen LogP) is -0.421. The van der Waals surface area contributed by atoms with Gasteiger partial charge in [-0.25, -0.2) is 14.6 Å². The summed E-state index contributed by atoms with van der Waals surface area (Å²) in [6, 6.07) is 0.219. The molecule has 3 aliphatic rings. The number of hydrogen-bond acceptors (Lipinski definition) is 11. The lowest BCUT2D eigenvalue weighted by Gasteiger charge is -2.29. The van der Waals surface area contributed by atoms with Gasteiger partial charge in [0, 0.05) is 6.04 Å². The van der Waals surface area contributed by atoms with Crippen LogP contribution in [0.1, 0.15) is 57.5 Å². The van der Waals surface area contributed by atoms with Gasteiger partial charge in [0.15, 0.2) is 17.2 Å². The number of aromatic nitrogens is 4. The molecule has 38 heavy (non-hydrogen) atoms. The van der Waals surface area contributed by atoms with Crippen molar-refractivity contribution in [3.05, 3.63) is 12.0 Å². The topological polar surface area (TPSA) is 213 Å². The highest BCUT2D eigenvalue weighted by molar-refractivity contribution is 7.53. The summed E-state index contributed by atoms with van der Waals surface area (Å²) in [4.78, 5) is 28.1. The molecule has 2 aromatic rings. The van der Waals surface area contributed by atoms with E-state index in [1.54, 1.807) is 0 Å². The molecule has 0 spiro atoms. The summed E-state index contributed by atoms with van der Waals surface area (Å²) in [5.74, 6) is 6.27. The number of nitrogens with zero attached hydrogens (tertiary/aromatic N) is 4. The lowest BCUT2D eigenvalue weighted by Crippen LogP contribution is -2.39. The van der Waals surface area contributed by atoms with Gasteiger partial charge in [-0.1, -0.05) is 18.8 Å². The quantitative estimate of drug-likeness (QED) is 0.164. The SMILES string of the molecule is CC(CO)(OC[C@H]1O[C@@H](n2ncc3c(NC4CCCC4)nc(C#CC4(O)CC4)nc32)[C@H](O)[C@@H]1O)P(=O)(O)O. The van der Waals surface area contributed by atoms with Crippen LogP contribution in [-0.4, -0.2) is 98.5 Å². The Kier molecular flexibility index (Phi) is 7.27. The van der Waals surface area contributed by atoms with Crippen molar-refractivity contribution in [2.24, 2.45) is 0 Å². The lowest BCUT2D eigenvalue weighted by molar-refractivity contribution is -0.104. The van der Waals surface area contributed by atoms with Crippen molar-refractivity contribution in [3.63, 3.8) is 0 Å². The molecule has 0 bridgehead atoms. The molecule has 1 unspecified atom stereocenters. The Labute approximate surface area is 218 Å². The molecular weight excluding hydrogens is 521 g/mol. The molecule has 2 saturated carbocycles. The molecule has 2 aromatic heterocycles. The molecule has 1 saturated heterocycles. The Balaban J connectivity index is 1.44. The van der Waals surface area contributed by atoms with Gasteiger partial charge in [0.05, 0.1) is 24.8 Å². The maximum atomic E-state index is 11.7. The van der Waals surface area contributed by atoms with Gasteiger partial charge in [0.25, 0.3) is 0 Å². The average molecular weight is 554 g/mol. The van der Waals surface area contributed by atoms with Crippen molar-refractivity contribution >= 4 is 24.4 Å². The number of anilines is 1. The number of ether oxygens (including phenoxy) is 2. The number of hydrogen-bond donors (Lipinski definition) is 7. The van der Waals surface area contributed by atoms with Crippen molar-refractivity contribution < 1.29 is 44.3 Å². The molecule has 3 heterocycles. The fourth-order valence-corrected chi connectivity index (χ4v) is 4.94. The normalized spacial score (nSPS) is 28.7. The van der Waals surface area contributed by atoms with Gasteiger partial charge < -0.3 is 45.0 Å². The second-order valence-corrected chi connectivity index (χ2v) is 12.4. The fourth-order valence-electron chi connectivity index (χ4n) is 4.51. The first-order valence-corrected chi connectivity index (χ1v) is 14.1. The first-order valence-electron chi connectivity index (χ1n) is 12.5. The molecular formula is C23H32N5O9P. The summed E-state index contributed by atoms with van der Waals surface area (Å²) >= 11 is 0. The molecule has 15 heteroatoms. The summed E-state index contributed by atoms with van der Waals surface area (Å²) in [6.07, 6.45) is 1.48. The molecule has 0 aromatic carbocycles. The van der Waals surface area contributed by atoms with Crippen molar-refractivity contribution in [1.82, 2.24) is 19.7 Å². The zero-order valence-electron chi connectivity index (χ0n) is 20.8. The minimum atomic E-state index is -4.86. The zero-order valence-corrected chi connectivity index (χ0v) is 21.7. The van der Waals surface area contributed by atoms with Crippen LogP contribution in [0, 0.1) is 11.8 Å². The van der Waals surface area contributed by atoms with E-state index in [0.717, 1.165) is 32.6 Å². The maximum Gasteiger partial charge on any atom is 0.359 e. The summed E-state index contributed by atoms with van der Waals surface area (Å²) in [6.45, 7) is -0.447. The van der Waals surface area contributed by atoms with E-state index >= 15 is 0 Å². The first-order chi connectivity index (χ1) is 17.9. The van der Waals surface area contributed by atoms with Crippen LogP contribution in [0.3, 0.4) is 0 Å². The number of aliphatic hydroxyl groups is 4. The summed E-state index contributed by atoms with van der Waals surface area (Å²) < 4.78 is 24.1. The molecule has 5 rings (SSSR count). The van der Waals surface area contributed by atoms with Gasteiger partial charge in [-0.15, -0.1) is 0 Å². The highest BCUT2D eigenvalue weighted by atomic mass is 31.2. The predicted molar refractivity (Wildman–Crippen MR) is 132 cm³/mol. The molecule has 1 aliphatic heterocycles. The molecule has 5 atom stereocenters. The van der Waals surface area contributed by atoms with E-state index in [2.05, 4.69) is 32.2 Å². The van der Waals surface area contributed by atoms with Crippen LogP contribution < -0.4 is 5.32 Å². The van der Waals surface area contributed by atoms with Crippen molar-refractivity contribution in [1.29, 1.82) is 0 Å². The number of fused-ring (bicyclic) bond motifs is 1. The summed E-state index contributed by atoms with van der Waals surface area (Å²) in [5.41, 5.74) is -0.753. The van der Waals surface area contributed by atoms with Gasteiger partial charge >= 0.3 is 7.60 Å². The Morgan fingerprint density at radius 3 is 2.61 bits per heavy atom. The summed E-state index contributed by atoms with van der Waals surface area (Å²) in [7, 11) is -4.86. The van der Waals surface area contributed by atoms with Crippen LogP contribution >= 0.6 is 7.60 Å². The third-order valence-electron chi connectivity index (χ3n) is 7.33. The minimum absolute atomic E-state index is 0.147. The highest BCUT2D eigenvalue weighted by Crippen LogP contribution is 2.51. The van der Waals surface area contributed by atoms with Crippen LogP contribution in [0.4, 0.5) is 5.82 Å². The highest BCUT2D eigenvalue weighted by Gasteiger charge is 2.49. The Morgan fingerprint density at radius 1 is 1.26 bits per heavy atom. The van der Waals surface area contributed by atoms with E-state index in [9.17, 15) is 34.8 Å². The third kappa shape index (κ3) is 5.31. The number of rotatable bonds is 8. The number of aliphatic hydroxyl groups excluding tert-OH is 3. The Hall–Kier alpha value is -2.18. The molecule has 14 nitrogen and oxygen atoms in total. The van der Waals surface area contributed by atoms with E-state index in [0.29, 0.717) is 24.0 Å². The fraction of sp³-hybridized carbons (Fsp3) is 0.696. The minimum Gasteiger partial charge on any atom is -0.393 e. The molecule has 2 aliphatic carbocycles. The van der Waals surface area contributed by atoms with Crippen LogP contribution in [0.25, 0.3) is 11.0 Å². The van der Waals surface area contributed by atoms with E-state index in [-0.39, 0.29) is 17.5 Å². The lowest BCUT2D eigenvalue weighted by atomic mass is 10.1. The molecule has 7 N–H and O–H groups in total. The molecule has 208 valence electrons. The van der Waals surface area contributed by atoms with Crippen molar-refractivity contribution in [2.45, 2.75) is 87.0 Å². The molecule has 0 radical (unpaired) electrons. The third-order valence-corrected chi connectivity index (χ3v) is 8.83. The van der Waals surface area contributed by atoms with E-state index < -0.39 is 56.3 Å². The van der Waals surface area contributed by atoms with Crippen LogP contribution in [0.15, 0.2) is 6.20 Å². The van der Waals surface area contributed by atoms with Crippen LogP contribution in [-0.2, 0) is 14.0 Å². The van der Waals surface area contributed by atoms with Gasteiger partial charge in [-0.2, -0.15) is 5.10 Å². The van der Waals surface area contributed by atoms with Crippen molar-refractivity contribution in [3.8, 4) is 11.8 Å². The van der Waals surface area contributed by atoms with Crippen LogP contribution in [0.5, 0.6) is 0 Å². The molecule has 0 amide bonds. The monoisotopic (exact) mass is 553 g/mol. The number of nitrogens with one attached hydrogen (secondary N) is 1. The Bertz CT molecular complexity index is 1300. The zero-order chi connectivity index (χ0) is 27.3. The second kappa shape index (κ2) is 10.1. The largest absolute Gasteiger partial charge is 0.393 e. The van der Waals surface area contributed by atoms with E-state index in [1.165, 1.54) is 10.9 Å². The average Bonchev–Trinajstić information content (AvgIpc) is 3.21. The molecule has 3 fully saturated rings. The second-order valence-electron chi connectivity index (χ2n) is 10.4. The van der Waals surface area contributed by atoms with Gasteiger partial charge in [0.2, 0.25) is 5.82 Å². The summed E-state index contributed by atoms with van der Waals surface area (Å²) in [5, 5.41) is 47.1. The van der Waals surface area contributed by atoms with E-state index in [1.807, 2.05) is 0 Å². The standard InChI is InChI=1S/C23H32N5O9P/c1-22(12-29,38(33,34)35)36-11-15-17(30)18(31)21(37-15)28-20-14(10-24-28)19(25-13-4-2-3-5-13)26-16(27-20)6-7-23(32)8-9-23/h10,13,15,17-18,21,29-32H,2-5,8-9,11-12H2,1H3,(H,25,26,27)(H2,33,34,35)/t15-,17-,18-,21-,22?/m1/s1. The van der Waals surface area contributed by atoms with Crippen LogP contribution in [0.2, 0.25) is 0 Å². The van der Waals surface area contributed by atoms with E-state index in [4.69, 9.17) is 9.47 Å². The van der Waals surface area contributed by atoms with Gasteiger partial charge in [-0.05, 0) is 38.5 Å².